The van der Waals surface area contributed by atoms with E-state index in [0.717, 1.165) is 29.5 Å². The van der Waals surface area contributed by atoms with Gasteiger partial charge in [0.15, 0.2) is 13.0 Å². The van der Waals surface area contributed by atoms with Crippen molar-refractivity contribution in [2.24, 2.45) is 0 Å². The molecule has 2 amide bonds. The van der Waals surface area contributed by atoms with E-state index in [1.54, 1.807) is 24.1 Å². The molecule has 0 bridgehead atoms. The minimum Gasteiger partial charge on any atom is -0.467 e. The Hall–Kier alpha value is -3.10. The Morgan fingerprint density at radius 3 is 2.35 bits per heavy atom. The van der Waals surface area contributed by atoms with Gasteiger partial charge in [0, 0.05) is 19.2 Å². The maximum absolute atomic E-state index is 13.4. The number of amides is 2. The zero-order valence-electron chi connectivity index (χ0n) is 22.8. The third-order valence-corrected chi connectivity index (χ3v) is 6.07. The molecule has 0 saturated carbocycles. The molecule has 0 aromatic heterocycles. The number of nitrogens with one attached hydrogen (secondary N) is 1. The molecule has 8 nitrogen and oxygen atoms in total. The molecule has 2 atom stereocenters. The summed E-state index contributed by atoms with van der Waals surface area (Å²) in [5, 5.41) is 3.15. The Morgan fingerprint density at radius 2 is 1.73 bits per heavy atom. The third-order valence-electron chi connectivity index (χ3n) is 6.07. The fourth-order valence-electron chi connectivity index (χ4n) is 4.43. The van der Waals surface area contributed by atoms with Crippen LogP contribution in [-0.4, -0.2) is 55.2 Å². The van der Waals surface area contributed by atoms with Gasteiger partial charge in [0.2, 0.25) is 0 Å². The smallest absolute Gasteiger partial charge is 0.412 e. The van der Waals surface area contributed by atoms with E-state index in [4.69, 9.17) is 18.9 Å². The summed E-state index contributed by atoms with van der Waals surface area (Å²) in [6.07, 6.45) is 1.20. The number of likely N-dealkylation sites (tertiary alicyclic amines) is 1. The second-order valence-electron chi connectivity index (χ2n) is 10.4. The summed E-state index contributed by atoms with van der Waals surface area (Å²) in [5.74, 6) is 0.474. The summed E-state index contributed by atoms with van der Waals surface area (Å²) in [5.41, 5.74) is 2.55. The predicted octanol–water partition coefficient (Wildman–Crippen LogP) is 5.35. The van der Waals surface area contributed by atoms with Crippen LogP contribution >= 0.6 is 0 Å². The van der Waals surface area contributed by atoms with Gasteiger partial charge in [-0.15, -0.1) is 0 Å². The summed E-state index contributed by atoms with van der Waals surface area (Å²) < 4.78 is 22.7. The molecular formula is C29H40N2O6. The van der Waals surface area contributed by atoms with E-state index in [0.29, 0.717) is 30.9 Å². The van der Waals surface area contributed by atoms with Crippen molar-refractivity contribution in [1.82, 2.24) is 10.2 Å². The normalized spacial score (nSPS) is 18.2. The van der Waals surface area contributed by atoms with Crippen LogP contribution in [0.15, 0.2) is 42.5 Å². The van der Waals surface area contributed by atoms with Crippen molar-refractivity contribution in [3.05, 3.63) is 64.7 Å². The zero-order valence-corrected chi connectivity index (χ0v) is 22.8. The quantitative estimate of drug-likeness (QED) is 0.480. The Balaban J connectivity index is 1.84. The molecule has 202 valence electrons. The molecule has 1 saturated heterocycles. The van der Waals surface area contributed by atoms with E-state index >= 15 is 0 Å². The molecule has 3 rings (SSSR count). The van der Waals surface area contributed by atoms with Crippen LogP contribution in [-0.2, 0) is 20.8 Å². The number of aryl methyl sites for hydroxylation is 2. The number of rotatable bonds is 8. The number of benzene rings is 2. The van der Waals surface area contributed by atoms with Crippen molar-refractivity contribution in [2.75, 3.05) is 20.4 Å². The maximum atomic E-state index is 13.4. The van der Waals surface area contributed by atoms with Crippen molar-refractivity contribution in [3.8, 4) is 5.75 Å². The molecule has 1 unspecified atom stereocenters. The lowest BCUT2D eigenvalue weighted by Crippen LogP contribution is -2.54. The highest BCUT2D eigenvalue weighted by atomic mass is 16.7. The molecule has 1 aliphatic rings. The van der Waals surface area contributed by atoms with Crippen LogP contribution in [0.5, 0.6) is 5.75 Å². The number of carbonyl (C=O) groups excluding carboxylic acids is 2. The zero-order chi connectivity index (χ0) is 27.0. The fourth-order valence-corrected chi connectivity index (χ4v) is 4.43. The van der Waals surface area contributed by atoms with Crippen LogP contribution in [0.2, 0.25) is 0 Å². The molecule has 8 heteroatoms. The Kier molecular flexibility index (Phi) is 9.94. The third kappa shape index (κ3) is 8.20. The lowest BCUT2D eigenvalue weighted by Gasteiger charge is -2.36. The van der Waals surface area contributed by atoms with E-state index in [-0.39, 0.29) is 12.7 Å². The van der Waals surface area contributed by atoms with Crippen LogP contribution in [0, 0.1) is 13.8 Å². The first-order valence-corrected chi connectivity index (χ1v) is 12.8. The highest BCUT2D eigenvalue weighted by molar-refractivity contribution is 5.95. The number of methoxy groups -OCH3 is 1. The first-order chi connectivity index (χ1) is 17.6. The summed E-state index contributed by atoms with van der Waals surface area (Å²) in [6.45, 7) is 10.2. The predicted molar refractivity (Wildman–Crippen MR) is 141 cm³/mol. The highest BCUT2D eigenvalue weighted by Crippen LogP contribution is 2.26. The van der Waals surface area contributed by atoms with Gasteiger partial charge in [0.1, 0.15) is 11.4 Å². The molecule has 1 N–H and O–H groups in total. The van der Waals surface area contributed by atoms with E-state index in [9.17, 15) is 9.59 Å². The molecule has 1 aliphatic heterocycles. The molecule has 37 heavy (non-hydrogen) atoms. The Morgan fingerprint density at radius 1 is 1.05 bits per heavy atom. The highest BCUT2D eigenvalue weighted by Gasteiger charge is 2.37. The van der Waals surface area contributed by atoms with Gasteiger partial charge in [-0.2, -0.15) is 0 Å². The number of ether oxygens (including phenoxy) is 4. The Labute approximate surface area is 220 Å². The average Bonchev–Trinajstić information content (AvgIpc) is 3.03. The van der Waals surface area contributed by atoms with E-state index < -0.39 is 24.0 Å². The molecular weight excluding hydrogens is 472 g/mol. The summed E-state index contributed by atoms with van der Waals surface area (Å²) in [7, 11) is 1.57. The van der Waals surface area contributed by atoms with Crippen LogP contribution in [0.25, 0.3) is 0 Å². The monoisotopic (exact) mass is 512 g/mol. The number of carbonyl (C=O) groups is 2. The van der Waals surface area contributed by atoms with Crippen molar-refractivity contribution >= 4 is 12.0 Å². The molecule has 2 aromatic carbocycles. The summed E-state index contributed by atoms with van der Waals surface area (Å²) >= 11 is 0. The van der Waals surface area contributed by atoms with Gasteiger partial charge in [-0.25, -0.2) is 4.79 Å². The summed E-state index contributed by atoms with van der Waals surface area (Å²) in [4.78, 5) is 28.2. The molecule has 0 radical (unpaired) electrons. The van der Waals surface area contributed by atoms with Crippen molar-refractivity contribution in [2.45, 2.75) is 78.4 Å². The second kappa shape index (κ2) is 12.9. The number of hydrogen-bond donors (Lipinski definition) is 1. The first-order valence-electron chi connectivity index (χ1n) is 12.8. The minimum atomic E-state index is -0.673. The maximum Gasteiger partial charge on any atom is 0.412 e. The molecule has 1 fully saturated rings. The van der Waals surface area contributed by atoms with Gasteiger partial charge in [0.05, 0.1) is 12.6 Å². The lowest BCUT2D eigenvalue weighted by atomic mass is 10.0. The van der Waals surface area contributed by atoms with Crippen molar-refractivity contribution in [3.63, 3.8) is 0 Å². The van der Waals surface area contributed by atoms with Crippen LogP contribution in [0.4, 0.5) is 4.79 Å². The van der Waals surface area contributed by atoms with E-state index in [1.807, 2.05) is 65.0 Å². The van der Waals surface area contributed by atoms with Gasteiger partial charge in [0.25, 0.3) is 5.91 Å². The van der Waals surface area contributed by atoms with E-state index in [1.165, 1.54) is 0 Å². The van der Waals surface area contributed by atoms with Gasteiger partial charge < -0.3 is 24.3 Å². The van der Waals surface area contributed by atoms with Crippen LogP contribution < -0.4 is 10.1 Å². The number of hydrogen-bond acceptors (Lipinski definition) is 6. The molecule has 2 aromatic rings. The van der Waals surface area contributed by atoms with Crippen molar-refractivity contribution in [1.29, 1.82) is 0 Å². The van der Waals surface area contributed by atoms with E-state index in [2.05, 4.69) is 5.32 Å². The topological polar surface area (TPSA) is 86.3 Å². The molecule has 1 heterocycles. The second-order valence-corrected chi connectivity index (χ2v) is 10.4. The Bertz CT molecular complexity index is 1030. The average molecular weight is 513 g/mol. The molecule has 0 aliphatic carbocycles. The number of nitrogens with zero attached hydrogens (tertiary/aromatic N) is 1. The van der Waals surface area contributed by atoms with Crippen LogP contribution in [0.1, 0.15) is 67.1 Å². The largest absolute Gasteiger partial charge is 0.467 e. The summed E-state index contributed by atoms with van der Waals surface area (Å²) in [6, 6.07) is 13.0. The van der Waals surface area contributed by atoms with Crippen LogP contribution in [0.3, 0.4) is 0 Å². The first kappa shape index (κ1) is 28.5. The minimum absolute atomic E-state index is 0.135. The van der Waals surface area contributed by atoms with Gasteiger partial charge in [-0.3, -0.25) is 9.69 Å². The fraction of sp³-hybridized carbons (Fsp3) is 0.517. The van der Waals surface area contributed by atoms with Gasteiger partial charge in [-0.05, 0) is 82.7 Å². The standard InChI is InChI=1S/C29H40N2O6/c1-20-16-23(17-21(2)25(20)36-19-34-6)26(32)30-24-14-10-11-15-31(28(33)37-29(3,4)5)27(24)35-18-22-12-8-7-9-13-22/h7-9,12-13,16-17,24,27H,10-11,14-15,18-19H2,1-6H3,(H,30,32)/t24-,27?/m1/s1. The lowest BCUT2D eigenvalue weighted by molar-refractivity contribution is -0.0858. The van der Waals surface area contributed by atoms with Gasteiger partial charge >= 0.3 is 6.09 Å². The van der Waals surface area contributed by atoms with Gasteiger partial charge in [-0.1, -0.05) is 30.3 Å². The van der Waals surface area contributed by atoms with Crippen molar-refractivity contribution < 1.29 is 28.5 Å². The SMILES string of the molecule is COCOc1c(C)cc(C(=O)N[C@@H]2CCCCN(C(=O)OC(C)(C)C)C2OCc2ccccc2)cc1C. The molecule has 0 spiro atoms.